The van der Waals surface area contributed by atoms with Gasteiger partial charge in [-0.2, -0.15) is 0 Å². The average molecular weight is 732 g/mol. The number of nitrogens with one attached hydrogen (secondary N) is 2. The van der Waals surface area contributed by atoms with Gasteiger partial charge in [-0.15, -0.1) is 0 Å². The monoisotopic (exact) mass is 731 g/mol. The summed E-state index contributed by atoms with van der Waals surface area (Å²) in [6.45, 7) is 17.1. The molecule has 52 heavy (non-hydrogen) atoms. The van der Waals surface area contributed by atoms with Crippen molar-refractivity contribution in [1.29, 1.82) is 0 Å². The van der Waals surface area contributed by atoms with Crippen LogP contribution in [0.5, 0.6) is 5.75 Å². The molecule has 0 bridgehead atoms. The topological polar surface area (TPSA) is 195 Å². The Kier molecular flexibility index (Phi) is 20.2. The maximum atomic E-state index is 13.1. The van der Waals surface area contributed by atoms with Crippen LogP contribution in [0.1, 0.15) is 124 Å². The van der Waals surface area contributed by atoms with Gasteiger partial charge >= 0.3 is 6.09 Å². The Morgan fingerprint density at radius 2 is 1.62 bits per heavy atom. The number of rotatable bonds is 24. The van der Waals surface area contributed by atoms with Crippen LogP contribution in [0.2, 0.25) is 0 Å². The van der Waals surface area contributed by atoms with Crippen LogP contribution in [0.3, 0.4) is 0 Å². The first kappa shape index (κ1) is 46.0. The van der Waals surface area contributed by atoms with Crippen LogP contribution in [0.25, 0.3) is 10.4 Å². The number of amides is 2. The smallest absolute Gasteiger partial charge is 0.408 e. The number of nitrogens with zero attached hydrogens (tertiary/aromatic N) is 3. The van der Waals surface area contributed by atoms with Crippen LogP contribution in [-0.4, -0.2) is 80.2 Å². The van der Waals surface area contributed by atoms with Gasteiger partial charge in [0.2, 0.25) is 5.91 Å². The quantitative estimate of drug-likeness (QED) is 0.0361. The molecule has 292 valence electrons. The Labute approximate surface area is 309 Å². The number of carbonyl (C=O) groups excluding carboxylic acids is 5. The highest BCUT2D eigenvalue weighted by molar-refractivity contribution is 5.96. The number of carbonyl (C=O) groups is 5. The summed E-state index contributed by atoms with van der Waals surface area (Å²) >= 11 is 0. The summed E-state index contributed by atoms with van der Waals surface area (Å²) < 4.78 is 22.0. The Balaban J connectivity index is 2.59. The zero-order chi connectivity index (χ0) is 39.4. The average Bonchev–Trinajstić information content (AvgIpc) is 3.02. The fourth-order valence-electron chi connectivity index (χ4n) is 4.80. The zero-order valence-corrected chi connectivity index (χ0v) is 32.7. The van der Waals surface area contributed by atoms with Gasteiger partial charge in [0.1, 0.15) is 36.4 Å². The van der Waals surface area contributed by atoms with Crippen LogP contribution < -0.4 is 15.4 Å². The molecule has 2 N–H and O–H groups in total. The van der Waals surface area contributed by atoms with E-state index in [1.807, 2.05) is 41.5 Å². The van der Waals surface area contributed by atoms with Gasteiger partial charge in [-0.25, -0.2) is 4.79 Å². The van der Waals surface area contributed by atoms with Crippen LogP contribution in [-0.2, 0) is 28.6 Å². The number of azide groups is 1. The zero-order valence-electron chi connectivity index (χ0n) is 32.7. The van der Waals surface area contributed by atoms with E-state index in [2.05, 4.69) is 20.7 Å². The first-order valence-electron chi connectivity index (χ1n) is 18.0. The lowest BCUT2D eigenvalue weighted by Crippen LogP contribution is -2.48. The summed E-state index contributed by atoms with van der Waals surface area (Å²) in [6.07, 6.45) is 2.17. The lowest BCUT2D eigenvalue weighted by atomic mass is 9.87. The van der Waals surface area contributed by atoms with E-state index in [1.165, 1.54) is 0 Å². The van der Waals surface area contributed by atoms with Crippen molar-refractivity contribution in [3.63, 3.8) is 0 Å². The van der Waals surface area contributed by atoms with Crippen LogP contribution in [0.15, 0.2) is 29.4 Å². The molecule has 0 aliphatic carbocycles. The summed E-state index contributed by atoms with van der Waals surface area (Å²) in [5, 5.41) is 9.06. The normalized spacial score (nSPS) is 12.9. The molecule has 1 aromatic rings. The molecule has 0 heterocycles. The number of unbranched alkanes of at least 4 members (excludes halogenated alkanes) is 2. The van der Waals surface area contributed by atoms with E-state index in [4.69, 9.17) is 24.5 Å². The highest BCUT2D eigenvalue weighted by atomic mass is 16.6. The van der Waals surface area contributed by atoms with E-state index in [9.17, 15) is 24.0 Å². The Hall–Kier alpha value is -4.00. The minimum Gasteiger partial charge on any atom is -0.491 e. The molecule has 0 aliphatic heterocycles. The van der Waals surface area contributed by atoms with Crippen molar-refractivity contribution in [2.75, 3.05) is 33.0 Å². The SMILES string of the molecule is CC(C)(C)CC(=O)COCCOC(COc1cccc(C(=O)CCCNC(=O)C(CCCCCC(=O)C(C)(C)C)NC(=O)OC(C)(C)C)c1)N=[N+]=[N-]. The molecular weight excluding hydrogens is 670 g/mol. The first-order chi connectivity index (χ1) is 24.2. The number of benzene rings is 1. The number of hydrogen-bond acceptors (Lipinski definition) is 10. The molecule has 0 saturated carbocycles. The second-order valence-electron chi connectivity index (χ2n) is 16.0. The van der Waals surface area contributed by atoms with Gasteiger partial charge in [0.25, 0.3) is 0 Å². The maximum Gasteiger partial charge on any atom is 0.408 e. The van der Waals surface area contributed by atoms with Crippen molar-refractivity contribution in [2.24, 2.45) is 15.9 Å². The van der Waals surface area contributed by atoms with E-state index in [0.29, 0.717) is 49.8 Å². The third-order valence-corrected chi connectivity index (χ3v) is 7.38. The molecule has 0 radical (unpaired) electrons. The molecule has 14 nitrogen and oxygen atoms in total. The lowest BCUT2D eigenvalue weighted by Gasteiger charge is -2.23. The van der Waals surface area contributed by atoms with Crippen LogP contribution in [0.4, 0.5) is 4.79 Å². The number of ketones is 3. The van der Waals surface area contributed by atoms with E-state index in [0.717, 1.165) is 6.42 Å². The van der Waals surface area contributed by atoms with Gasteiger partial charge in [-0.1, -0.05) is 71.6 Å². The van der Waals surface area contributed by atoms with E-state index >= 15 is 0 Å². The predicted molar refractivity (Wildman–Crippen MR) is 198 cm³/mol. The minimum atomic E-state index is -0.951. The van der Waals surface area contributed by atoms with Crippen molar-refractivity contribution in [2.45, 2.75) is 132 Å². The van der Waals surface area contributed by atoms with Gasteiger partial charge in [-0.05, 0) is 63.1 Å². The van der Waals surface area contributed by atoms with Crippen molar-refractivity contribution in [3.05, 3.63) is 40.3 Å². The minimum absolute atomic E-state index is 0.00718. The highest BCUT2D eigenvalue weighted by Crippen LogP contribution is 2.20. The number of alkyl carbamates (subject to hydrolysis) is 1. The predicted octanol–water partition coefficient (Wildman–Crippen LogP) is 7.28. The molecule has 0 aliphatic rings. The molecule has 0 saturated heterocycles. The molecular formula is C38H61N5O9. The number of hydrogen-bond donors (Lipinski definition) is 2. The molecule has 1 aromatic carbocycles. The largest absolute Gasteiger partial charge is 0.491 e. The standard InChI is InChI=1S/C38H61N5O9/c1-36(2,3)24-28(44)25-49-21-22-50-33(42-43-39)26-51-29-16-13-15-27(23-29)31(45)18-14-20-40-34(47)30(41-35(48)52-38(7,8)9)17-11-10-12-19-32(46)37(4,5)6/h13,15-16,23,30,33H,10-12,14,17-22,24-26H2,1-9H3,(H,40,47)(H,41,48). The fraction of sp³-hybridized carbons (Fsp3) is 0.711. The fourth-order valence-corrected chi connectivity index (χ4v) is 4.80. The number of ether oxygens (including phenoxy) is 4. The summed E-state index contributed by atoms with van der Waals surface area (Å²) in [7, 11) is 0. The van der Waals surface area contributed by atoms with E-state index < -0.39 is 24.0 Å². The van der Waals surface area contributed by atoms with E-state index in [1.54, 1.807) is 45.0 Å². The van der Waals surface area contributed by atoms with Gasteiger partial charge < -0.3 is 29.6 Å². The summed E-state index contributed by atoms with van der Waals surface area (Å²) in [6, 6.07) is 5.74. The van der Waals surface area contributed by atoms with Gasteiger partial charge in [0.05, 0.1) is 13.2 Å². The summed E-state index contributed by atoms with van der Waals surface area (Å²) in [5.41, 5.74) is 8.09. The molecule has 14 heteroatoms. The van der Waals surface area contributed by atoms with Crippen molar-refractivity contribution >= 4 is 29.4 Å². The van der Waals surface area contributed by atoms with Crippen LogP contribution in [0, 0.1) is 10.8 Å². The van der Waals surface area contributed by atoms with Crippen molar-refractivity contribution < 1.29 is 42.9 Å². The Morgan fingerprint density at radius 3 is 2.25 bits per heavy atom. The summed E-state index contributed by atoms with van der Waals surface area (Å²) in [5.74, 6) is 0.0217. The third kappa shape index (κ3) is 22.0. The van der Waals surface area contributed by atoms with Crippen LogP contribution >= 0.6 is 0 Å². The summed E-state index contributed by atoms with van der Waals surface area (Å²) in [4.78, 5) is 65.4. The second-order valence-corrected chi connectivity index (χ2v) is 16.0. The van der Waals surface area contributed by atoms with E-state index in [-0.39, 0.29) is 73.5 Å². The number of Topliss-reactive ketones (excluding diaryl/α,β-unsaturated/α-hetero) is 3. The van der Waals surface area contributed by atoms with Gasteiger partial charge in [0, 0.05) is 41.7 Å². The molecule has 2 unspecified atom stereocenters. The second kappa shape index (κ2) is 22.8. The third-order valence-electron chi connectivity index (χ3n) is 7.38. The molecule has 2 amide bonds. The van der Waals surface area contributed by atoms with Crippen molar-refractivity contribution in [3.8, 4) is 5.75 Å². The Bertz CT molecular complexity index is 1360. The maximum absolute atomic E-state index is 13.1. The molecule has 1 rings (SSSR count). The highest BCUT2D eigenvalue weighted by Gasteiger charge is 2.25. The molecule has 0 spiro atoms. The molecule has 2 atom stereocenters. The Morgan fingerprint density at radius 1 is 0.904 bits per heavy atom. The van der Waals surface area contributed by atoms with Crippen molar-refractivity contribution in [1.82, 2.24) is 10.6 Å². The first-order valence-corrected chi connectivity index (χ1v) is 18.0. The lowest BCUT2D eigenvalue weighted by molar-refractivity contribution is -0.127. The molecule has 0 fully saturated rings. The molecule has 0 aromatic heterocycles. The van der Waals surface area contributed by atoms with Gasteiger partial charge in [-0.3, -0.25) is 19.2 Å². The van der Waals surface area contributed by atoms with Gasteiger partial charge in [0.15, 0.2) is 17.8 Å².